The second kappa shape index (κ2) is 7.09. The molecule has 0 aliphatic carbocycles. The number of piperazine rings is 1. The summed E-state index contributed by atoms with van der Waals surface area (Å²) in [6.45, 7) is 4.08. The number of amides is 1. The number of benzene rings is 1. The summed E-state index contributed by atoms with van der Waals surface area (Å²) < 4.78 is 45.4. The molecule has 3 aliphatic heterocycles. The fraction of sp³-hybridized carbons (Fsp3) is 0.611. The van der Waals surface area contributed by atoms with E-state index < -0.39 is 10.0 Å². The van der Waals surface area contributed by atoms with E-state index in [2.05, 4.69) is 4.90 Å². The molecule has 1 fully saturated rings. The van der Waals surface area contributed by atoms with Crippen LogP contribution in [-0.2, 0) is 27.8 Å². The summed E-state index contributed by atoms with van der Waals surface area (Å²) in [5.41, 5.74) is 1.58. The van der Waals surface area contributed by atoms with Crippen molar-refractivity contribution in [1.82, 2.24) is 14.1 Å². The number of fused-ring (bicyclic) bond motifs is 2. The average Bonchev–Trinajstić information content (AvgIpc) is 3.14. The molecular formula is C18H25N3O6S. The first kappa shape index (κ1) is 19.3. The van der Waals surface area contributed by atoms with Gasteiger partial charge in [0.2, 0.25) is 28.5 Å². The molecule has 154 valence electrons. The van der Waals surface area contributed by atoms with Crippen LogP contribution in [0.2, 0.25) is 0 Å². The molecule has 1 aromatic rings. The van der Waals surface area contributed by atoms with E-state index in [9.17, 15) is 13.2 Å². The first-order valence-corrected chi connectivity index (χ1v) is 10.7. The molecule has 1 amide bonds. The van der Waals surface area contributed by atoms with Gasteiger partial charge in [-0.25, -0.2) is 8.42 Å². The van der Waals surface area contributed by atoms with Crippen molar-refractivity contribution >= 4 is 15.9 Å². The van der Waals surface area contributed by atoms with E-state index in [0.717, 1.165) is 17.7 Å². The van der Waals surface area contributed by atoms with Gasteiger partial charge >= 0.3 is 0 Å². The molecule has 0 bridgehead atoms. The van der Waals surface area contributed by atoms with Crippen molar-refractivity contribution in [1.29, 1.82) is 0 Å². The van der Waals surface area contributed by atoms with Crippen LogP contribution in [0.4, 0.5) is 0 Å². The molecule has 1 saturated heterocycles. The van der Waals surface area contributed by atoms with E-state index >= 15 is 0 Å². The van der Waals surface area contributed by atoms with Crippen LogP contribution in [0.15, 0.2) is 4.90 Å². The van der Waals surface area contributed by atoms with Gasteiger partial charge < -0.3 is 24.0 Å². The SMILES string of the molecule is COc1c2c(c(S(=O)(=O)N3CCN(C(C)=O)CC3)c3c1OCO3)CCN(C)C2. The summed E-state index contributed by atoms with van der Waals surface area (Å²) in [6, 6.07) is 0. The predicted molar refractivity (Wildman–Crippen MR) is 100 cm³/mol. The monoisotopic (exact) mass is 411 g/mol. The Morgan fingerprint density at radius 2 is 1.71 bits per heavy atom. The molecule has 0 N–H and O–H groups in total. The number of carbonyl (C=O) groups is 1. The summed E-state index contributed by atoms with van der Waals surface area (Å²) >= 11 is 0. The third kappa shape index (κ3) is 2.99. The number of nitrogens with zero attached hydrogens (tertiary/aromatic N) is 3. The van der Waals surface area contributed by atoms with Crippen molar-refractivity contribution in [2.24, 2.45) is 0 Å². The number of sulfonamides is 1. The molecule has 10 heteroatoms. The minimum atomic E-state index is -3.80. The number of likely N-dealkylation sites (N-methyl/N-ethyl adjacent to an activating group) is 1. The van der Waals surface area contributed by atoms with Gasteiger partial charge in [-0.3, -0.25) is 4.79 Å². The van der Waals surface area contributed by atoms with E-state index in [0.29, 0.717) is 37.6 Å². The first-order valence-electron chi connectivity index (χ1n) is 9.30. The highest BCUT2D eigenvalue weighted by molar-refractivity contribution is 7.89. The molecule has 3 heterocycles. The maximum Gasteiger partial charge on any atom is 0.247 e. The molecule has 9 nitrogen and oxygen atoms in total. The van der Waals surface area contributed by atoms with Crippen molar-refractivity contribution in [2.45, 2.75) is 24.8 Å². The minimum Gasteiger partial charge on any atom is -0.492 e. The normalized spacial score (nSPS) is 20.2. The Balaban J connectivity index is 1.80. The highest BCUT2D eigenvalue weighted by Crippen LogP contribution is 2.51. The van der Waals surface area contributed by atoms with Crippen LogP contribution < -0.4 is 14.2 Å². The zero-order chi connectivity index (χ0) is 20.1. The largest absolute Gasteiger partial charge is 0.492 e. The smallest absolute Gasteiger partial charge is 0.247 e. The van der Waals surface area contributed by atoms with Gasteiger partial charge in [0.25, 0.3) is 0 Å². The van der Waals surface area contributed by atoms with Crippen molar-refractivity contribution in [2.75, 3.05) is 53.7 Å². The molecule has 4 rings (SSSR count). The topological polar surface area (TPSA) is 88.6 Å². The quantitative estimate of drug-likeness (QED) is 0.705. The Labute approximate surface area is 164 Å². The first-order chi connectivity index (χ1) is 13.3. The summed E-state index contributed by atoms with van der Waals surface area (Å²) in [7, 11) is -0.259. The van der Waals surface area contributed by atoms with Crippen LogP contribution in [0.3, 0.4) is 0 Å². The highest BCUT2D eigenvalue weighted by Gasteiger charge is 2.41. The van der Waals surface area contributed by atoms with Crippen LogP contribution in [0.1, 0.15) is 18.1 Å². The fourth-order valence-electron chi connectivity index (χ4n) is 4.11. The number of methoxy groups -OCH3 is 1. The van der Waals surface area contributed by atoms with Gasteiger partial charge in [-0.05, 0) is 19.0 Å². The van der Waals surface area contributed by atoms with Crippen molar-refractivity contribution in [3.63, 3.8) is 0 Å². The second-order valence-corrected chi connectivity index (χ2v) is 9.16. The molecule has 0 unspecified atom stereocenters. The van der Waals surface area contributed by atoms with E-state index in [-0.39, 0.29) is 36.4 Å². The number of hydrogen-bond acceptors (Lipinski definition) is 7. The predicted octanol–water partition coefficient (Wildman–Crippen LogP) is 0.265. The van der Waals surface area contributed by atoms with Gasteiger partial charge in [-0.2, -0.15) is 4.31 Å². The highest BCUT2D eigenvalue weighted by atomic mass is 32.2. The maximum atomic E-state index is 13.6. The summed E-state index contributed by atoms with van der Waals surface area (Å²) in [5.74, 6) is 1.11. The molecule has 0 spiro atoms. The van der Waals surface area contributed by atoms with Gasteiger partial charge in [0, 0.05) is 51.8 Å². The molecule has 3 aliphatic rings. The average molecular weight is 411 g/mol. The number of rotatable bonds is 3. The van der Waals surface area contributed by atoms with Crippen LogP contribution in [0.25, 0.3) is 0 Å². The Bertz CT molecular complexity index is 909. The van der Waals surface area contributed by atoms with E-state index in [4.69, 9.17) is 14.2 Å². The van der Waals surface area contributed by atoms with Crippen molar-refractivity contribution in [3.05, 3.63) is 11.1 Å². The molecule has 0 aromatic heterocycles. The number of ether oxygens (including phenoxy) is 3. The molecular weight excluding hydrogens is 386 g/mol. The van der Waals surface area contributed by atoms with Crippen LogP contribution in [0.5, 0.6) is 17.2 Å². The molecule has 1 aromatic carbocycles. The van der Waals surface area contributed by atoms with Gasteiger partial charge in [0.1, 0.15) is 4.90 Å². The number of carbonyl (C=O) groups excluding carboxylic acids is 1. The lowest BCUT2D eigenvalue weighted by molar-refractivity contribution is -0.129. The summed E-state index contributed by atoms with van der Waals surface area (Å²) in [5, 5.41) is 0. The summed E-state index contributed by atoms with van der Waals surface area (Å²) in [6.07, 6.45) is 0.584. The molecule has 0 saturated carbocycles. The molecule has 0 radical (unpaired) electrons. The van der Waals surface area contributed by atoms with Crippen LogP contribution >= 0.6 is 0 Å². The Kier molecular flexibility index (Phi) is 4.88. The van der Waals surface area contributed by atoms with Crippen LogP contribution in [-0.4, -0.2) is 82.1 Å². The molecule has 0 atom stereocenters. The van der Waals surface area contributed by atoms with Gasteiger partial charge in [0.05, 0.1) is 7.11 Å². The van der Waals surface area contributed by atoms with E-state index in [1.54, 1.807) is 12.0 Å². The second-order valence-electron chi connectivity index (χ2n) is 7.28. The van der Waals surface area contributed by atoms with Gasteiger partial charge in [0.15, 0.2) is 11.5 Å². The zero-order valence-corrected chi connectivity index (χ0v) is 17.2. The Morgan fingerprint density at radius 3 is 2.36 bits per heavy atom. The maximum absolute atomic E-state index is 13.6. The van der Waals surface area contributed by atoms with Crippen LogP contribution in [0, 0.1) is 0 Å². The fourth-order valence-corrected chi connectivity index (χ4v) is 5.93. The zero-order valence-electron chi connectivity index (χ0n) is 16.4. The standard InChI is InChI=1S/C18H25N3O6S/c1-12(22)20-6-8-21(9-7-20)28(23,24)18-13-4-5-19(2)10-14(13)15(25-3)16-17(18)27-11-26-16/h4-11H2,1-3H3. The summed E-state index contributed by atoms with van der Waals surface area (Å²) in [4.78, 5) is 15.6. The van der Waals surface area contributed by atoms with Crippen molar-refractivity contribution < 1.29 is 27.4 Å². The minimum absolute atomic E-state index is 0.0366. The van der Waals surface area contributed by atoms with E-state index in [1.807, 2.05) is 7.05 Å². The molecule has 28 heavy (non-hydrogen) atoms. The lowest BCUT2D eigenvalue weighted by atomic mass is 9.97. The van der Waals surface area contributed by atoms with Gasteiger partial charge in [-0.1, -0.05) is 0 Å². The Hall–Kier alpha value is -2.04. The van der Waals surface area contributed by atoms with Crippen molar-refractivity contribution in [3.8, 4) is 17.2 Å². The van der Waals surface area contributed by atoms with Gasteiger partial charge in [-0.15, -0.1) is 0 Å². The lowest BCUT2D eigenvalue weighted by Crippen LogP contribution is -2.50. The third-order valence-electron chi connectivity index (χ3n) is 5.60. The lowest BCUT2D eigenvalue weighted by Gasteiger charge is -2.35. The number of hydrogen-bond donors (Lipinski definition) is 0. The van der Waals surface area contributed by atoms with E-state index in [1.165, 1.54) is 11.2 Å². The third-order valence-corrected chi connectivity index (χ3v) is 7.59. The Morgan fingerprint density at radius 1 is 1.04 bits per heavy atom.